The van der Waals surface area contributed by atoms with E-state index in [-0.39, 0.29) is 5.41 Å². The van der Waals surface area contributed by atoms with Crippen LogP contribution in [0.2, 0.25) is 0 Å². The second kappa shape index (κ2) is 5.32. The Labute approximate surface area is 154 Å². The zero-order valence-electron chi connectivity index (χ0n) is 15.0. The summed E-state index contributed by atoms with van der Waals surface area (Å²) in [6, 6.07) is 2.90. The highest BCUT2D eigenvalue weighted by Crippen LogP contribution is 2.60. The SMILES string of the molecule is O=C(N1CC(N2CCc3sccc3C2)C1)C12CC3CC(CC(C3)C1)C2. The maximum atomic E-state index is 13.4. The Bertz CT molecular complexity index is 669. The van der Waals surface area contributed by atoms with Crippen LogP contribution in [0.5, 0.6) is 0 Å². The molecule has 1 saturated heterocycles. The van der Waals surface area contributed by atoms with E-state index in [2.05, 4.69) is 21.2 Å². The van der Waals surface area contributed by atoms with E-state index in [9.17, 15) is 4.79 Å². The van der Waals surface area contributed by atoms with Gasteiger partial charge in [-0.1, -0.05) is 0 Å². The molecule has 7 rings (SSSR count). The maximum absolute atomic E-state index is 13.4. The van der Waals surface area contributed by atoms with Crippen molar-refractivity contribution in [2.24, 2.45) is 23.2 Å². The first-order valence-electron chi connectivity index (χ1n) is 10.3. The third-order valence-electron chi connectivity index (χ3n) is 7.99. The monoisotopic (exact) mass is 356 g/mol. The molecule has 1 amide bonds. The van der Waals surface area contributed by atoms with Gasteiger partial charge in [0.2, 0.25) is 5.91 Å². The molecular formula is C21H28N2OS. The first-order chi connectivity index (χ1) is 12.2. The van der Waals surface area contributed by atoms with Gasteiger partial charge in [0.15, 0.2) is 0 Å². The minimum Gasteiger partial charge on any atom is -0.339 e. The Hall–Kier alpha value is -0.870. The Morgan fingerprint density at radius 2 is 1.76 bits per heavy atom. The average Bonchev–Trinajstić information content (AvgIpc) is 3.00. The molecular weight excluding hydrogens is 328 g/mol. The number of carbonyl (C=O) groups is 1. The fraction of sp³-hybridized carbons (Fsp3) is 0.762. The fourth-order valence-corrected chi connectivity index (χ4v) is 8.03. The summed E-state index contributed by atoms with van der Waals surface area (Å²) in [7, 11) is 0. The van der Waals surface area contributed by atoms with Gasteiger partial charge in [0.1, 0.15) is 0 Å². The summed E-state index contributed by atoms with van der Waals surface area (Å²) >= 11 is 1.91. The van der Waals surface area contributed by atoms with Gasteiger partial charge in [-0.2, -0.15) is 0 Å². The van der Waals surface area contributed by atoms with Crippen molar-refractivity contribution in [1.29, 1.82) is 0 Å². The first kappa shape index (κ1) is 15.2. The van der Waals surface area contributed by atoms with E-state index < -0.39 is 0 Å². The number of carbonyl (C=O) groups excluding carboxylic acids is 1. The molecule has 0 unspecified atom stereocenters. The van der Waals surface area contributed by atoms with Crippen LogP contribution in [-0.4, -0.2) is 41.4 Å². The number of rotatable bonds is 2. The highest BCUT2D eigenvalue weighted by atomic mass is 32.1. The normalized spacial score (nSPS) is 40.2. The second-order valence-corrected chi connectivity index (χ2v) is 10.7. The summed E-state index contributed by atoms with van der Waals surface area (Å²) in [4.78, 5) is 19.8. The van der Waals surface area contributed by atoms with Gasteiger partial charge in [-0.05, 0) is 79.7 Å². The molecule has 1 aromatic rings. The first-order valence-corrected chi connectivity index (χ1v) is 11.2. The van der Waals surface area contributed by atoms with E-state index in [1.54, 1.807) is 4.88 Å². The van der Waals surface area contributed by atoms with E-state index in [0.717, 1.165) is 37.4 Å². The molecule has 0 aromatic carbocycles. The lowest BCUT2D eigenvalue weighted by atomic mass is 9.49. The van der Waals surface area contributed by atoms with Gasteiger partial charge in [0.25, 0.3) is 0 Å². The number of nitrogens with zero attached hydrogens (tertiary/aromatic N) is 2. The number of fused-ring (bicyclic) bond motifs is 1. The third-order valence-corrected chi connectivity index (χ3v) is 9.02. The zero-order valence-corrected chi connectivity index (χ0v) is 15.8. The van der Waals surface area contributed by atoms with Crippen molar-refractivity contribution in [1.82, 2.24) is 9.80 Å². The molecule has 4 saturated carbocycles. The van der Waals surface area contributed by atoms with Crippen LogP contribution in [0.15, 0.2) is 11.4 Å². The average molecular weight is 357 g/mol. The van der Waals surface area contributed by atoms with Gasteiger partial charge in [-0.3, -0.25) is 9.69 Å². The Morgan fingerprint density at radius 1 is 1.08 bits per heavy atom. The van der Waals surface area contributed by atoms with Gasteiger partial charge in [-0.25, -0.2) is 0 Å². The van der Waals surface area contributed by atoms with Crippen molar-refractivity contribution in [3.63, 3.8) is 0 Å². The summed E-state index contributed by atoms with van der Waals surface area (Å²) in [5.74, 6) is 3.14. The summed E-state index contributed by atoms with van der Waals surface area (Å²) in [5, 5.41) is 2.23. The molecule has 0 atom stereocenters. The lowest BCUT2D eigenvalue weighted by Gasteiger charge is -2.58. The molecule has 0 spiro atoms. The van der Waals surface area contributed by atoms with Crippen molar-refractivity contribution in [2.75, 3.05) is 19.6 Å². The Kier molecular flexibility index (Phi) is 3.24. The van der Waals surface area contributed by atoms with E-state index in [1.807, 2.05) is 11.3 Å². The molecule has 4 bridgehead atoms. The highest BCUT2D eigenvalue weighted by Gasteiger charge is 2.56. The topological polar surface area (TPSA) is 23.6 Å². The van der Waals surface area contributed by atoms with Gasteiger partial charge < -0.3 is 4.90 Å². The van der Waals surface area contributed by atoms with Crippen LogP contribution in [0.4, 0.5) is 0 Å². The Morgan fingerprint density at radius 3 is 2.44 bits per heavy atom. The zero-order chi connectivity index (χ0) is 16.6. The quantitative estimate of drug-likeness (QED) is 0.809. The van der Waals surface area contributed by atoms with Crippen molar-refractivity contribution in [3.05, 3.63) is 21.9 Å². The molecule has 1 aromatic heterocycles. The fourth-order valence-electron chi connectivity index (χ4n) is 7.14. The summed E-state index contributed by atoms with van der Waals surface area (Å²) < 4.78 is 0. The number of amides is 1. The minimum atomic E-state index is 0.0577. The largest absolute Gasteiger partial charge is 0.339 e. The molecule has 6 aliphatic rings. The van der Waals surface area contributed by atoms with Gasteiger partial charge in [0, 0.05) is 37.1 Å². The molecule has 0 N–H and O–H groups in total. The number of hydrogen-bond donors (Lipinski definition) is 0. The molecule has 0 radical (unpaired) electrons. The summed E-state index contributed by atoms with van der Waals surface area (Å²) in [5.41, 5.74) is 1.59. The number of hydrogen-bond acceptors (Lipinski definition) is 3. The summed E-state index contributed by atoms with van der Waals surface area (Å²) in [6.07, 6.45) is 9.10. The standard InChI is InChI=1S/C21H28N2OS/c24-20(21-8-14-5-15(9-21)7-16(6-14)10-21)23-12-18(13-23)22-3-1-19-17(11-22)2-4-25-19/h2,4,14-16,18H,1,3,5-13H2. The van der Waals surface area contributed by atoms with Crippen molar-refractivity contribution >= 4 is 17.2 Å². The predicted molar refractivity (Wildman–Crippen MR) is 99.4 cm³/mol. The molecule has 3 nitrogen and oxygen atoms in total. The lowest BCUT2D eigenvalue weighted by molar-refractivity contribution is -0.165. The van der Waals surface area contributed by atoms with Crippen molar-refractivity contribution < 1.29 is 4.79 Å². The van der Waals surface area contributed by atoms with Crippen LogP contribution in [0.25, 0.3) is 0 Å². The number of thiophene rings is 1. The predicted octanol–water partition coefficient (Wildman–Crippen LogP) is 3.53. The van der Waals surface area contributed by atoms with Crippen LogP contribution in [-0.2, 0) is 17.8 Å². The molecule has 25 heavy (non-hydrogen) atoms. The second-order valence-electron chi connectivity index (χ2n) is 9.65. The van der Waals surface area contributed by atoms with Gasteiger partial charge in [-0.15, -0.1) is 11.3 Å². The molecule has 4 heteroatoms. The van der Waals surface area contributed by atoms with Crippen LogP contribution < -0.4 is 0 Å². The minimum absolute atomic E-state index is 0.0577. The maximum Gasteiger partial charge on any atom is 0.228 e. The molecule has 2 aliphatic heterocycles. The molecule has 134 valence electrons. The molecule has 3 heterocycles. The third kappa shape index (κ3) is 2.29. The van der Waals surface area contributed by atoms with Crippen LogP contribution >= 0.6 is 11.3 Å². The van der Waals surface area contributed by atoms with E-state index in [4.69, 9.17) is 0 Å². The van der Waals surface area contributed by atoms with Crippen molar-refractivity contribution in [3.8, 4) is 0 Å². The van der Waals surface area contributed by atoms with Gasteiger partial charge in [0.05, 0.1) is 5.41 Å². The van der Waals surface area contributed by atoms with Gasteiger partial charge >= 0.3 is 0 Å². The number of likely N-dealkylation sites (tertiary alicyclic amines) is 1. The van der Waals surface area contributed by atoms with Crippen LogP contribution in [0.3, 0.4) is 0 Å². The highest BCUT2D eigenvalue weighted by molar-refractivity contribution is 7.10. The van der Waals surface area contributed by atoms with E-state index in [0.29, 0.717) is 11.9 Å². The Balaban J connectivity index is 1.12. The van der Waals surface area contributed by atoms with Crippen molar-refractivity contribution in [2.45, 2.75) is 57.5 Å². The smallest absolute Gasteiger partial charge is 0.228 e. The van der Waals surface area contributed by atoms with E-state index in [1.165, 1.54) is 57.1 Å². The molecule has 5 fully saturated rings. The van der Waals surface area contributed by atoms with Crippen LogP contribution in [0, 0.1) is 23.2 Å². The lowest BCUT2D eigenvalue weighted by Crippen LogP contribution is -2.65. The summed E-state index contributed by atoms with van der Waals surface area (Å²) in [6.45, 7) is 4.25. The van der Waals surface area contributed by atoms with Crippen LogP contribution in [0.1, 0.15) is 49.0 Å². The molecule has 4 aliphatic carbocycles. The van der Waals surface area contributed by atoms with E-state index >= 15 is 0 Å².